The molecule has 5 heteroatoms. The van der Waals surface area contributed by atoms with Crippen LogP contribution in [0.2, 0.25) is 0 Å². The van der Waals surface area contributed by atoms with Gasteiger partial charge in [0.15, 0.2) is 6.61 Å². The van der Waals surface area contributed by atoms with Gasteiger partial charge < -0.3 is 9.15 Å². The molecule has 4 aromatic rings. The monoisotopic (exact) mass is 320 g/mol. The molecule has 24 heavy (non-hydrogen) atoms. The van der Waals surface area contributed by atoms with Gasteiger partial charge in [-0.2, -0.15) is 0 Å². The highest BCUT2D eigenvalue weighted by molar-refractivity contribution is 5.88. The van der Waals surface area contributed by atoms with E-state index in [0.29, 0.717) is 5.89 Å². The summed E-state index contributed by atoms with van der Waals surface area (Å²) in [5, 5.41) is 9.90. The average Bonchev–Trinajstić information content (AvgIpc) is 3.09. The van der Waals surface area contributed by atoms with E-state index in [4.69, 9.17) is 9.15 Å². The molecule has 118 valence electrons. The Labute approximate surface area is 137 Å². The predicted octanol–water partition coefficient (Wildman–Crippen LogP) is 4.61. The topological polar surface area (TPSA) is 48.2 Å². The van der Waals surface area contributed by atoms with Gasteiger partial charge in [-0.25, -0.2) is 4.39 Å². The highest BCUT2D eigenvalue weighted by Crippen LogP contribution is 2.26. The van der Waals surface area contributed by atoms with Crippen LogP contribution in [0.4, 0.5) is 4.39 Å². The van der Waals surface area contributed by atoms with Crippen LogP contribution in [0, 0.1) is 5.82 Å². The fourth-order valence-electron chi connectivity index (χ4n) is 2.52. The Hall–Kier alpha value is -3.21. The van der Waals surface area contributed by atoms with Crippen LogP contribution in [0.1, 0.15) is 5.89 Å². The minimum absolute atomic E-state index is 0.120. The number of rotatable bonds is 4. The fourth-order valence-corrected chi connectivity index (χ4v) is 2.52. The third kappa shape index (κ3) is 2.72. The van der Waals surface area contributed by atoms with Crippen molar-refractivity contribution >= 4 is 10.8 Å². The molecule has 0 radical (unpaired) electrons. The SMILES string of the molecule is Fc1ccccc1-c1nnc(COc2cccc3ccccc23)o1. The van der Waals surface area contributed by atoms with E-state index in [1.54, 1.807) is 18.2 Å². The van der Waals surface area contributed by atoms with Crippen molar-refractivity contribution in [3.63, 3.8) is 0 Å². The first kappa shape index (κ1) is 14.4. The lowest BCUT2D eigenvalue weighted by molar-refractivity contribution is 0.267. The minimum atomic E-state index is -0.400. The molecule has 0 amide bonds. The summed E-state index contributed by atoms with van der Waals surface area (Å²) in [5.41, 5.74) is 0.279. The zero-order valence-electron chi connectivity index (χ0n) is 12.6. The van der Waals surface area contributed by atoms with Crippen LogP contribution in [0.15, 0.2) is 71.1 Å². The molecule has 4 rings (SSSR count). The number of aromatic nitrogens is 2. The number of nitrogens with zero attached hydrogens (tertiary/aromatic N) is 2. The molecule has 0 bridgehead atoms. The van der Waals surface area contributed by atoms with E-state index in [1.165, 1.54) is 6.07 Å². The smallest absolute Gasteiger partial charge is 0.254 e. The van der Waals surface area contributed by atoms with Gasteiger partial charge in [0.25, 0.3) is 11.8 Å². The number of benzene rings is 3. The van der Waals surface area contributed by atoms with E-state index >= 15 is 0 Å². The van der Waals surface area contributed by atoms with Crippen molar-refractivity contribution in [1.82, 2.24) is 10.2 Å². The van der Waals surface area contributed by atoms with Crippen molar-refractivity contribution in [2.45, 2.75) is 6.61 Å². The van der Waals surface area contributed by atoms with Gasteiger partial charge in [-0.15, -0.1) is 10.2 Å². The van der Waals surface area contributed by atoms with Gasteiger partial charge >= 0.3 is 0 Å². The first-order valence-electron chi connectivity index (χ1n) is 7.49. The summed E-state index contributed by atoms with van der Waals surface area (Å²) < 4.78 is 25.0. The fraction of sp³-hybridized carbons (Fsp3) is 0.0526. The molecule has 0 N–H and O–H groups in total. The third-order valence-corrected chi connectivity index (χ3v) is 3.67. The molecule has 0 atom stereocenters. The zero-order valence-corrected chi connectivity index (χ0v) is 12.6. The van der Waals surface area contributed by atoms with Gasteiger partial charge in [0.2, 0.25) is 0 Å². The molecule has 3 aromatic carbocycles. The molecular formula is C19H13FN2O2. The molecule has 0 fully saturated rings. The normalized spacial score (nSPS) is 10.9. The number of hydrogen-bond donors (Lipinski definition) is 0. The highest BCUT2D eigenvalue weighted by Gasteiger charge is 2.13. The lowest BCUT2D eigenvalue weighted by atomic mass is 10.1. The molecule has 1 heterocycles. The van der Waals surface area contributed by atoms with E-state index in [0.717, 1.165) is 16.5 Å². The lowest BCUT2D eigenvalue weighted by Crippen LogP contribution is -1.96. The summed E-state index contributed by atoms with van der Waals surface area (Å²) in [4.78, 5) is 0. The van der Waals surface area contributed by atoms with Gasteiger partial charge in [0, 0.05) is 5.39 Å². The quantitative estimate of drug-likeness (QED) is 0.551. The Balaban J connectivity index is 1.56. The molecule has 0 spiro atoms. The maximum Gasteiger partial charge on any atom is 0.254 e. The maximum atomic E-state index is 13.8. The molecule has 0 saturated heterocycles. The van der Waals surface area contributed by atoms with Crippen molar-refractivity contribution in [2.75, 3.05) is 0 Å². The molecule has 0 unspecified atom stereocenters. The first-order chi connectivity index (χ1) is 11.8. The number of hydrogen-bond acceptors (Lipinski definition) is 4. The summed E-state index contributed by atoms with van der Waals surface area (Å²) in [6.45, 7) is 0.120. The maximum absolute atomic E-state index is 13.8. The molecule has 1 aromatic heterocycles. The van der Waals surface area contributed by atoms with Gasteiger partial charge in [-0.1, -0.05) is 48.5 Å². The molecule has 0 aliphatic heterocycles. The summed E-state index contributed by atoms with van der Waals surface area (Å²) in [7, 11) is 0. The molecule has 0 aliphatic rings. The second-order valence-corrected chi connectivity index (χ2v) is 5.25. The van der Waals surface area contributed by atoms with Crippen molar-refractivity contribution in [3.05, 3.63) is 78.4 Å². The van der Waals surface area contributed by atoms with Crippen molar-refractivity contribution < 1.29 is 13.5 Å². The van der Waals surface area contributed by atoms with Crippen molar-refractivity contribution in [2.24, 2.45) is 0 Å². The van der Waals surface area contributed by atoms with E-state index in [2.05, 4.69) is 10.2 Å². The second-order valence-electron chi connectivity index (χ2n) is 5.25. The van der Waals surface area contributed by atoms with E-state index in [-0.39, 0.29) is 18.1 Å². The van der Waals surface area contributed by atoms with Crippen LogP contribution >= 0.6 is 0 Å². The summed E-state index contributed by atoms with van der Waals surface area (Å²) in [6.07, 6.45) is 0. The minimum Gasteiger partial charge on any atom is -0.483 e. The van der Waals surface area contributed by atoms with Gasteiger partial charge in [-0.05, 0) is 23.6 Å². The first-order valence-corrected chi connectivity index (χ1v) is 7.49. The van der Waals surface area contributed by atoms with Crippen LogP contribution in [-0.2, 0) is 6.61 Å². The van der Waals surface area contributed by atoms with Crippen LogP contribution in [0.3, 0.4) is 0 Å². The number of ether oxygens (including phenoxy) is 1. The second kappa shape index (κ2) is 6.12. The van der Waals surface area contributed by atoms with E-state index in [1.807, 2.05) is 42.5 Å². The average molecular weight is 320 g/mol. The van der Waals surface area contributed by atoms with Gasteiger partial charge in [0.1, 0.15) is 11.6 Å². The summed E-state index contributed by atoms with van der Waals surface area (Å²) >= 11 is 0. The Morgan fingerprint density at radius 3 is 2.58 bits per heavy atom. The van der Waals surface area contributed by atoms with E-state index in [9.17, 15) is 4.39 Å². The molecule has 0 saturated carbocycles. The van der Waals surface area contributed by atoms with E-state index < -0.39 is 5.82 Å². The largest absolute Gasteiger partial charge is 0.483 e. The Morgan fingerprint density at radius 1 is 0.875 bits per heavy atom. The van der Waals surface area contributed by atoms with Crippen LogP contribution in [0.25, 0.3) is 22.2 Å². The summed E-state index contributed by atoms with van der Waals surface area (Å²) in [6, 6.07) is 20.0. The highest BCUT2D eigenvalue weighted by atomic mass is 19.1. The van der Waals surface area contributed by atoms with Crippen LogP contribution in [-0.4, -0.2) is 10.2 Å². The van der Waals surface area contributed by atoms with Crippen molar-refractivity contribution in [3.8, 4) is 17.2 Å². The van der Waals surface area contributed by atoms with Crippen molar-refractivity contribution in [1.29, 1.82) is 0 Å². The number of fused-ring (bicyclic) bond motifs is 1. The Bertz CT molecular complexity index is 992. The Kier molecular flexibility index (Phi) is 3.67. The molecule has 0 aliphatic carbocycles. The molecular weight excluding hydrogens is 307 g/mol. The van der Waals surface area contributed by atoms with Crippen LogP contribution < -0.4 is 4.74 Å². The van der Waals surface area contributed by atoms with Gasteiger partial charge in [0.05, 0.1) is 5.56 Å². The predicted molar refractivity (Wildman–Crippen MR) is 88.0 cm³/mol. The summed E-state index contributed by atoms with van der Waals surface area (Å²) in [5.74, 6) is 0.771. The number of halogens is 1. The Morgan fingerprint density at radius 2 is 1.67 bits per heavy atom. The molecule has 4 nitrogen and oxygen atoms in total. The lowest BCUT2D eigenvalue weighted by Gasteiger charge is -2.07. The van der Waals surface area contributed by atoms with Crippen LogP contribution in [0.5, 0.6) is 5.75 Å². The zero-order chi connectivity index (χ0) is 16.4. The third-order valence-electron chi connectivity index (χ3n) is 3.67. The standard InChI is InChI=1S/C19H13FN2O2/c20-16-10-4-3-9-15(16)19-22-21-18(24-19)12-23-17-11-5-7-13-6-1-2-8-14(13)17/h1-11H,12H2. The van der Waals surface area contributed by atoms with Gasteiger partial charge in [-0.3, -0.25) is 0 Å².